The maximum Gasteiger partial charge on any atom is 0.307 e. The van der Waals surface area contributed by atoms with Crippen molar-refractivity contribution in [1.29, 1.82) is 0 Å². The maximum atomic E-state index is 14.0. The predicted octanol–water partition coefficient (Wildman–Crippen LogP) is 3.00. The zero-order valence-corrected chi connectivity index (χ0v) is 11.9. The molecule has 22 heavy (non-hydrogen) atoms. The number of fused-ring (bicyclic) bond motifs is 1. The van der Waals surface area contributed by atoms with Crippen LogP contribution in [0.5, 0.6) is 0 Å². The minimum Gasteiger partial charge on any atom is -0.306 e. The fraction of sp³-hybridized carbons (Fsp3) is 0.188. The summed E-state index contributed by atoms with van der Waals surface area (Å²) in [5, 5.41) is 13.9. The van der Waals surface area contributed by atoms with Gasteiger partial charge in [-0.3, -0.25) is 14.9 Å². The van der Waals surface area contributed by atoms with Crippen molar-refractivity contribution in [3.05, 3.63) is 63.0 Å². The van der Waals surface area contributed by atoms with E-state index < -0.39 is 16.4 Å². The topological polar surface area (TPSA) is 72.2 Å². The van der Waals surface area contributed by atoms with E-state index in [0.29, 0.717) is 17.7 Å². The molecule has 0 unspecified atom stereocenters. The van der Waals surface area contributed by atoms with Gasteiger partial charge in [-0.2, -0.15) is 4.39 Å². The number of Topliss-reactive ketones (excluding diaryl/α,β-unsaturated/α-hetero) is 1. The van der Waals surface area contributed by atoms with Crippen LogP contribution in [0.4, 0.5) is 10.1 Å². The molecule has 6 heteroatoms. The average molecular weight is 300 g/mol. The Labute approximate surface area is 125 Å². The van der Waals surface area contributed by atoms with E-state index in [9.17, 15) is 19.3 Å². The van der Waals surface area contributed by atoms with Gasteiger partial charge in [-0.15, -0.1) is 0 Å². The first kappa shape index (κ1) is 14.3. The summed E-state index contributed by atoms with van der Waals surface area (Å²) in [7, 11) is 0. The molecule has 0 saturated heterocycles. The Hall–Kier alpha value is -2.60. The molecule has 0 amide bonds. The number of nitrogens with zero attached hydrogens (tertiary/aromatic N) is 1. The van der Waals surface area contributed by atoms with E-state index in [1.54, 1.807) is 24.3 Å². The van der Waals surface area contributed by atoms with Gasteiger partial charge in [0.1, 0.15) is 0 Å². The Morgan fingerprint density at radius 1 is 1.23 bits per heavy atom. The minimum absolute atomic E-state index is 0.0118. The van der Waals surface area contributed by atoms with Crippen LogP contribution >= 0.6 is 0 Å². The number of hydrogen-bond acceptors (Lipinski definition) is 4. The molecule has 0 aliphatic carbocycles. The van der Waals surface area contributed by atoms with Gasteiger partial charge in [0.2, 0.25) is 5.82 Å². The summed E-state index contributed by atoms with van der Waals surface area (Å²) < 4.78 is 14.0. The number of carbonyl (C=O) groups is 1. The first-order chi connectivity index (χ1) is 10.5. The van der Waals surface area contributed by atoms with Crippen LogP contribution in [0.15, 0.2) is 30.3 Å². The highest BCUT2D eigenvalue weighted by atomic mass is 19.1. The third kappa shape index (κ3) is 2.27. The zero-order chi connectivity index (χ0) is 15.9. The standard InChI is InChI=1S/C16H13FN2O3/c1-9-5-10(6-14(17)16(9)19(21)22)11-3-2-4-12-13(11)7-18-8-15(12)20/h2-6,18H,7-8H2,1H3. The number of hydrogen-bond donors (Lipinski definition) is 1. The molecule has 1 aliphatic rings. The second-order valence-corrected chi connectivity index (χ2v) is 5.24. The smallest absolute Gasteiger partial charge is 0.306 e. The molecule has 5 nitrogen and oxygen atoms in total. The summed E-state index contributed by atoms with van der Waals surface area (Å²) in [5.74, 6) is -0.880. The van der Waals surface area contributed by atoms with E-state index in [1.165, 1.54) is 6.92 Å². The number of halogens is 1. The second kappa shape index (κ2) is 5.31. The van der Waals surface area contributed by atoms with Gasteiger partial charge in [-0.1, -0.05) is 18.2 Å². The number of ketones is 1. The minimum atomic E-state index is -0.868. The Balaban J connectivity index is 2.19. The molecule has 2 aromatic carbocycles. The first-order valence-electron chi connectivity index (χ1n) is 6.79. The van der Waals surface area contributed by atoms with Crippen LogP contribution in [-0.2, 0) is 6.54 Å². The predicted molar refractivity (Wildman–Crippen MR) is 79.3 cm³/mol. The number of nitro benzene ring substituents is 1. The number of benzene rings is 2. The van der Waals surface area contributed by atoms with E-state index in [1.807, 2.05) is 0 Å². The SMILES string of the molecule is Cc1cc(-c2cccc3c2CNCC3=O)cc(F)c1[N+](=O)[O-]. The van der Waals surface area contributed by atoms with Crippen LogP contribution in [0.3, 0.4) is 0 Å². The molecule has 0 saturated carbocycles. The highest BCUT2D eigenvalue weighted by Gasteiger charge is 2.23. The number of carbonyl (C=O) groups excluding carboxylic acids is 1. The highest BCUT2D eigenvalue weighted by molar-refractivity contribution is 6.01. The van der Waals surface area contributed by atoms with E-state index in [0.717, 1.165) is 17.2 Å². The average Bonchev–Trinajstić information content (AvgIpc) is 2.46. The van der Waals surface area contributed by atoms with Crippen LogP contribution in [0.1, 0.15) is 21.5 Å². The number of aryl methyl sites for hydroxylation is 1. The van der Waals surface area contributed by atoms with Gasteiger partial charge in [0.15, 0.2) is 5.78 Å². The molecule has 0 atom stereocenters. The lowest BCUT2D eigenvalue weighted by molar-refractivity contribution is -0.388. The van der Waals surface area contributed by atoms with Crippen molar-refractivity contribution in [2.75, 3.05) is 6.54 Å². The second-order valence-electron chi connectivity index (χ2n) is 5.24. The van der Waals surface area contributed by atoms with Gasteiger partial charge in [0.25, 0.3) is 0 Å². The third-order valence-corrected chi connectivity index (χ3v) is 3.81. The third-order valence-electron chi connectivity index (χ3n) is 3.81. The molecule has 0 aromatic heterocycles. The van der Waals surface area contributed by atoms with Crippen molar-refractivity contribution < 1.29 is 14.1 Å². The fourth-order valence-corrected chi connectivity index (χ4v) is 2.83. The van der Waals surface area contributed by atoms with Crippen LogP contribution in [0.2, 0.25) is 0 Å². The van der Waals surface area contributed by atoms with E-state index >= 15 is 0 Å². The molecule has 3 rings (SSSR count). The van der Waals surface area contributed by atoms with E-state index in [-0.39, 0.29) is 17.9 Å². The monoisotopic (exact) mass is 300 g/mol. The maximum absolute atomic E-state index is 14.0. The normalized spacial score (nSPS) is 13.8. The molecule has 0 bridgehead atoms. The molecule has 1 N–H and O–H groups in total. The van der Waals surface area contributed by atoms with E-state index in [4.69, 9.17) is 0 Å². The van der Waals surface area contributed by atoms with Gasteiger partial charge in [0.05, 0.1) is 11.5 Å². The zero-order valence-electron chi connectivity index (χ0n) is 11.9. The lowest BCUT2D eigenvalue weighted by atomic mass is 9.90. The first-order valence-corrected chi connectivity index (χ1v) is 6.79. The molecular weight excluding hydrogens is 287 g/mol. The van der Waals surface area contributed by atoms with Gasteiger partial charge in [-0.05, 0) is 35.7 Å². The Kier molecular flexibility index (Phi) is 3.46. The Morgan fingerprint density at radius 3 is 2.64 bits per heavy atom. The number of nitro groups is 1. The van der Waals surface area contributed by atoms with Crippen molar-refractivity contribution in [3.63, 3.8) is 0 Å². The van der Waals surface area contributed by atoms with Crippen molar-refractivity contribution in [3.8, 4) is 11.1 Å². The molecule has 0 radical (unpaired) electrons. The van der Waals surface area contributed by atoms with Crippen molar-refractivity contribution >= 4 is 11.5 Å². The van der Waals surface area contributed by atoms with Crippen molar-refractivity contribution in [2.24, 2.45) is 0 Å². The number of rotatable bonds is 2. The summed E-state index contributed by atoms with van der Waals surface area (Å²) in [6.45, 7) is 2.29. The molecular formula is C16H13FN2O3. The van der Waals surface area contributed by atoms with Gasteiger partial charge < -0.3 is 5.32 Å². The number of nitrogens with one attached hydrogen (secondary N) is 1. The van der Waals surface area contributed by atoms with Crippen LogP contribution in [0.25, 0.3) is 11.1 Å². The lowest BCUT2D eigenvalue weighted by Gasteiger charge is -2.19. The summed E-state index contributed by atoms with van der Waals surface area (Å²) in [6, 6.07) is 8.01. The Bertz CT molecular complexity index is 779. The van der Waals surface area contributed by atoms with Crippen molar-refractivity contribution in [2.45, 2.75) is 13.5 Å². The van der Waals surface area contributed by atoms with Gasteiger partial charge in [0, 0.05) is 17.7 Å². The van der Waals surface area contributed by atoms with Gasteiger partial charge in [-0.25, -0.2) is 0 Å². The van der Waals surface area contributed by atoms with Gasteiger partial charge >= 0.3 is 5.69 Å². The van der Waals surface area contributed by atoms with Crippen LogP contribution < -0.4 is 5.32 Å². The van der Waals surface area contributed by atoms with Crippen LogP contribution in [0, 0.1) is 22.9 Å². The highest BCUT2D eigenvalue weighted by Crippen LogP contribution is 2.33. The summed E-state index contributed by atoms with van der Waals surface area (Å²) >= 11 is 0. The molecule has 1 aliphatic heterocycles. The fourth-order valence-electron chi connectivity index (χ4n) is 2.83. The molecule has 1 heterocycles. The molecule has 0 spiro atoms. The van der Waals surface area contributed by atoms with E-state index in [2.05, 4.69) is 5.32 Å². The summed E-state index contributed by atoms with van der Waals surface area (Å²) in [5.41, 5.74) is 2.42. The largest absolute Gasteiger partial charge is 0.307 e. The Morgan fingerprint density at radius 2 is 1.95 bits per heavy atom. The molecule has 112 valence electrons. The quantitative estimate of drug-likeness (QED) is 0.683. The molecule has 2 aromatic rings. The molecule has 0 fully saturated rings. The lowest BCUT2D eigenvalue weighted by Crippen LogP contribution is -2.30. The summed E-state index contributed by atoms with van der Waals surface area (Å²) in [6.07, 6.45) is 0. The van der Waals surface area contributed by atoms with Crippen LogP contribution in [-0.4, -0.2) is 17.3 Å². The van der Waals surface area contributed by atoms with Crippen molar-refractivity contribution in [1.82, 2.24) is 5.32 Å². The summed E-state index contributed by atoms with van der Waals surface area (Å²) in [4.78, 5) is 22.1.